The summed E-state index contributed by atoms with van der Waals surface area (Å²) in [4.78, 5) is 66.5. The Kier molecular flexibility index (Phi) is 6.81. The lowest BCUT2D eigenvalue weighted by molar-refractivity contribution is -0.384. The number of nitro groups is 1. The van der Waals surface area contributed by atoms with Crippen molar-refractivity contribution in [1.82, 2.24) is 0 Å². The van der Waals surface area contributed by atoms with Crippen LogP contribution in [-0.2, 0) is 19.2 Å². The number of ether oxygens (including phenoxy) is 1. The molecule has 1 saturated heterocycles. The average Bonchev–Trinajstić information content (AvgIpc) is 3.23. The standard InChI is InChI=1S/C30H22Br2N2O8/c1-12-8-20(35)18-10-17-15(22(24(18)27(12)36)19-11-21(42-2)28(37)26(32)25(19)31)6-7-16-23(17)30(39)33(29(16)38)13-4-3-5-14(9-13)34(40)41/h3-6,8-9,11,16-17,22-23,37H,7,10H2,1-2H3/t16-,17+,22+,23-/m0/s1. The number of phenolic OH excluding ortho intramolecular Hbond substituents is 1. The highest BCUT2D eigenvalue weighted by Crippen LogP contribution is 2.57. The molecule has 6 rings (SSSR count). The Hall–Kier alpha value is -3.90. The Bertz CT molecular complexity index is 1760. The number of fused-ring (bicyclic) bond motifs is 3. The Morgan fingerprint density at radius 3 is 2.50 bits per heavy atom. The third-order valence-electron chi connectivity index (χ3n) is 8.57. The van der Waals surface area contributed by atoms with Crippen molar-refractivity contribution in [3.63, 3.8) is 0 Å². The molecule has 2 aromatic carbocycles. The summed E-state index contributed by atoms with van der Waals surface area (Å²) in [6.07, 6.45) is 3.46. The Labute approximate surface area is 256 Å². The molecule has 4 atom stereocenters. The molecule has 0 saturated carbocycles. The van der Waals surface area contributed by atoms with Gasteiger partial charge in [-0.15, -0.1) is 0 Å². The first-order valence-corrected chi connectivity index (χ1v) is 14.6. The lowest BCUT2D eigenvalue weighted by Crippen LogP contribution is -2.40. The minimum absolute atomic E-state index is 0.0863. The van der Waals surface area contributed by atoms with Gasteiger partial charge in [-0.05, 0) is 81.3 Å². The maximum atomic E-state index is 14.0. The molecule has 2 aromatic rings. The highest BCUT2D eigenvalue weighted by Gasteiger charge is 2.57. The predicted octanol–water partition coefficient (Wildman–Crippen LogP) is 5.47. The molecular formula is C30H22Br2N2O8. The van der Waals surface area contributed by atoms with Gasteiger partial charge in [0.15, 0.2) is 23.1 Å². The highest BCUT2D eigenvalue weighted by atomic mass is 79.9. The Morgan fingerprint density at radius 1 is 1.07 bits per heavy atom. The molecule has 1 aliphatic heterocycles. The van der Waals surface area contributed by atoms with Crippen molar-refractivity contribution in [2.24, 2.45) is 17.8 Å². The average molecular weight is 698 g/mol. The van der Waals surface area contributed by atoms with E-state index in [0.29, 0.717) is 31.2 Å². The van der Waals surface area contributed by atoms with E-state index in [-0.39, 0.29) is 52.9 Å². The number of allylic oxidation sites excluding steroid dienone is 6. The number of carbonyl (C=O) groups is 4. The topological polar surface area (TPSA) is 144 Å². The number of imide groups is 1. The summed E-state index contributed by atoms with van der Waals surface area (Å²) in [6, 6.07) is 6.97. The molecule has 0 spiro atoms. The van der Waals surface area contributed by atoms with Crippen LogP contribution in [0.15, 0.2) is 73.7 Å². The molecule has 12 heteroatoms. The van der Waals surface area contributed by atoms with Crippen molar-refractivity contribution in [3.8, 4) is 11.5 Å². The fourth-order valence-electron chi connectivity index (χ4n) is 6.69. The van der Waals surface area contributed by atoms with Gasteiger partial charge in [-0.2, -0.15) is 0 Å². The summed E-state index contributed by atoms with van der Waals surface area (Å²) in [5, 5.41) is 22.0. The van der Waals surface area contributed by atoms with Crippen LogP contribution >= 0.6 is 31.9 Å². The molecule has 10 nitrogen and oxygen atoms in total. The van der Waals surface area contributed by atoms with E-state index < -0.39 is 40.4 Å². The van der Waals surface area contributed by atoms with Crippen molar-refractivity contribution < 1.29 is 33.9 Å². The van der Waals surface area contributed by atoms with Crippen molar-refractivity contribution in [2.75, 3.05) is 12.0 Å². The van der Waals surface area contributed by atoms with Gasteiger partial charge >= 0.3 is 0 Å². The number of ketones is 2. The van der Waals surface area contributed by atoms with Gasteiger partial charge in [0.05, 0.1) is 34.0 Å². The predicted molar refractivity (Wildman–Crippen MR) is 157 cm³/mol. The van der Waals surface area contributed by atoms with Crippen LogP contribution in [-0.4, -0.2) is 40.5 Å². The molecule has 1 fully saturated rings. The number of nitro benzene ring substituents is 1. The van der Waals surface area contributed by atoms with Gasteiger partial charge in [-0.25, -0.2) is 4.90 Å². The minimum Gasteiger partial charge on any atom is -0.503 e. The van der Waals surface area contributed by atoms with E-state index in [9.17, 15) is 34.4 Å². The molecule has 0 unspecified atom stereocenters. The van der Waals surface area contributed by atoms with E-state index in [4.69, 9.17) is 4.74 Å². The number of anilines is 1. The van der Waals surface area contributed by atoms with Crippen LogP contribution in [0.5, 0.6) is 11.5 Å². The zero-order chi connectivity index (χ0) is 30.2. The van der Waals surface area contributed by atoms with Gasteiger partial charge in [-0.3, -0.25) is 29.3 Å². The van der Waals surface area contributed by atoms with E-state index in [1.165, 1.54) is 37.5 Å². The van der Waals surface area contributed by atoms with Gasteiger partial charge < -0.3 is 9.84 Å². The van der Waals surface area contributed by atoms with Crippen molar-refractivity contribution in [1.29, 1.82) is 0 Å². The number of methoxy groups -OCH3 is 1. The number of Topliss-reactive ketones (excluding diaryl/α,β-unsaturated/α-hetero) is 1. The fourth-order valence-corrected chi connectivity index (χ4v) is 7.65. The number of phenols is 1. The van der Waals surface area contributed by atoms with Crippen molar-refractivity contribution in [3.05, 3.63) is 89.4 Å². The molecule has 4 aliphatic rings. The maximum absolute atomic E-state index is 14.0. The lowest BCUT2D eigenvalue weighted by atomic mass is 9.59. The zero-order valence-corrected chi connectivity index (χ0v) is 25.4. The van der Waals surface area contributed by atoms with E-state index >= 15 is 0 Å². The third kappa shape index (κ3) is 4.03. The molecule has 214 valence electrons. The summed E-state index contributed by atoms with van der Waals surface area (Å²) >= 11 is 6.93. The van der Waals surface area contributed by atoms with Gasteiger partial charge in [-0.1, -0.05) is 17.7 Å². The second-order valence-electron chi connectivity index (χ2n) is 10.7. The van der Waals surface area contributed by atoms with Gasteiger partial charge in [0.2, 0.25) is 11.8 Å². The van der Waals surface area contributed by atoms with Crippen LogP contribution in [0, 0.1) is 27.9 Å². The maximum Gasteiger partial charge on any atom is 0.271 e. The normalized spacial score (nSPS) is 25.1. The molecule has 0 radical (unpaired) electrons. The van der Waals surface area contributed by atoms with E-state index in [2.05, 4.69) is 31.9 Å². The summed E-state index contributed by atoms with van der Waals surface area (Å²) < 4.78 is 6.13. The summed E-state index contributed by atoms with van der Waals surface area (Å²) in [5.41, 5.74) is 1.99. The molecule has 1 N–H and O–H groups in total. The molecular weight excluding hydrogens is 676 g/mol. The number of non-ortho nitro benzene ring substituents is 1. The van der Waals surface area contributed by atoms with Crippen LogP contribution in [0.2, 0.25) is 0 Å². The summed E-state index contributed by atoms with van der Waals surface area (Å²) in [5.74, 6) is -4.55. The Morgan fingerprint density at radius 2 is 1.81 bits per heavy atom. The molecule has 1 heterocycles. The zero-order valence-electron chi connectivity index (χ0n) is 22.2. The number of nitrogens with zero attached hydrogens (tertiary/aromatic N) is 2. The van der Waals surface area contributed by atoms with Crippen molar-refractivity contribution in [2.45, 2.75) is 25.7 Å². The van der Waals surface area contributed by atoms with Crippen LogP contribution in [0.1, 0.15) is 31.2 Å². The highest BCUT2D eigenvalue weighted by molar-refractivity contribution is 9.13. The van der Waals surface area contributed by atoms with Crippen LogP contribution < -0.4 is 9.64 Å². The number of halogens is 2. The molecule has 42 heavy (non-hydrogen) atoms. The quantitative estimate of drug-likeness (QED) is 0.146. The third-order valence-corrected chi connectivity index (χ3v) is 10.7. The molecule has 0 bridgehead atoms. The smallest absolute Gasteiger partial charge is 0.271 e. The molecule has 0 aromatic heterocycles. The van der Waals surface area contributed by atoms with Gasteiger partial charge in [0, 0.05) is 39.2 Å². The number of benzene rings is 2. The molecule has 3 aliphatic carbocycles. The molecule has 2 amide bonds. The van der Waals surface area contributed by atoms with Gasteiger partial charge in [0.25, 0.3) is 5.69 Å². The number of hydrogen-bond donors (Lipinski definition) is 1. The van der Waals surface area contributed by atoms with E-state index in [0.717, 1.165) is 4.90 Å². The second kappa shape index (κ2) is 10.1. The van der Waals surface area contributed by atoms with E-state index in [1.54, 1.807) is 13.0 Å². The number of hydrogen-bond acceptors (Lipinski definition) is 8. The first-order valence-electron chi connectivity index (χ1n) is 13.0. The number of carbonyl (C=O) groups excluding carboxylic acids is 4. The van der Waals surface area contributed by atoms with Crippen molar-refractivity contribution >= 4 is 66.6 Å². The summed E-state index contributed by atoms with van der Waals surface area (Å²) in [6.45, 7) is 1.58. The fraction of sp³-hybridized carbons (Fsp3) is 0.267. The monoisotopic (exact) mass is 696 g/mol. The number of amides is 2. The first-order chi connectivity index (χ1) is 20.0. The van der Waals surface area contributed by atoms with Crippen LogP contribution in [0.25, 0.3) is 0 Å². The second-order valence-corrected chi connectivity index (χ2v) is 12.2. The summed E-state index contributed by atoms with van der Waals surface area (Å²) in [7, 11) is 1.39. The Balaban J connectivity index is 1.52. The van der Waals surface area contributed by atoms with Crippen LogP contribution in [0.3, 0.4) is 0 Å². The van der Waals surface area contributed by atoms with E-state index in [1.807, 2.05) is 6.08 Å². The number of aromatic hydroxyl groups is 1. The van der Waals surface area contributed by atoms with Gasteiger partial charge in [0.1, 0.15) is 0 Å². The van der Waals surface area contributed by atoms with Crippen LogP contribution in [0.4, 0.5) is 11.4 Å². The lowest BCUT2D eigenvalue weighted by Gasteiger charge is -2.42. The first kappa shape index (κ1) is 28.2. The minimum atomic E-state index is -0.843. The largest absolute Gasteiger partial charge is 0.503 e. The number of rotatable bonds is 4. The SMILES string of the molecule is COc1cc([C@H]2C3=CC[C@@H]4C(=O)N(c5cccc([N+](=O)[O-])c5)C(=O)[C@@H]4[C@@H]3CC3=C2C(=O)C(C)=CC3=O)c(Br)c(Br)c1O.